The highest BCUT2D eigenvalue weighted by Gasteiger charge is 1.98. The fourth-order valence-corrected chi connectivity index (χ4v) is 0.816. The van der Waals surface area contributed by atoms with Crippen molar-refractivity contribution in [1.82, 2.24) is 19.9 Å². The van der Waals surface area contributed by atoms with Crippen molar-refractivity contribution in [3.05, 3.63) is 24.4 Å². The lowest BCUT2D eigenvalue weighted by Crippen LogP contribution is -1.93. The molecule has 2 heterocycles. The molecule has 0 aliphatic carbocycles. The van der Waals surface area contributed by atoms with E-state index >= 15 is 0 Å². The molecule has 0 amide bonds. The van der Waals surface area contributed by atoms with E-state index in [1.807, 2.05) is 0 Å². The largest absolute Gasteiger partial charge is 0.283 e. The van der Waals surface area contributed by atoms with Crippen molar-refractivity contribution < 1.29 is 4.79 Å². The third kappa shape index (κ3) is 1.01. The average Bonchev–Trinajstić information content (AvgIpc) is 2.17. The number of rotatable bonds is 1. The summed E-state index contributed by atoms with van der Waals surface area (Å²) < 4.78 is 0. The molecule has 0 unspecified atom stereocenters. The van der Waals surface area contributed by atoms with Crippen LogP contribution < -0.4 is 0 Å². The third-order valence-corrected chi connectivity index (χ3v) is 1.33. The van der Waals surface area contributed by atoms with Crippen molar-refractivity contribution >= 4 is 17.5 Å². The van der Waals surface area contributed by atoms with Crippen LogP contribution in [-0.2, 0) is 4.79 Å². The van der Waals surface area contributed by atoms with Crippen LogP contribution in [0.5, 0.6) is 0 Å². The molecule has 0 aromatic carbocycles. The molecule has 0 aliphatic heterocycles. The van der Waals surface area contributed by atoms with E-state index in [-0.39, 0.29) is 5.69 Å². The van der Waals surface area contributed by atoms with Crippen molar-refractivity contribution in [2.45, 2.75) is 0 Å². The van der Waals surface area contributed by atoms with E-state index in [1.165, 1.54) is 18.7 Å². The molecule has 0 fully saturated rings. The Morgan fingerprint density at radius 3 is 3.00 bits per heavy atom. The lowest BCUT2D eigenvalue weighted by Gasteiger charge is -1.92. The topological polar surface area (TPSA) is 68.6 Å². The number of aromatic nitrogens is 4. The molecule has 0 aliphatic rings. The van der Waals surface area contributed by atoms with Crippen molar-refractivity contribution in [3.63, 3.8) is 0 Å². The number of hydrogen-bond donors (Lipinski definition) is 0. The van der Waals surface area contributed by atoms with E-state index in [2.05, 4.69) is 19.9 Å². The lowest BCUT2D eigenvalue weighted by atomic mass is 10.4. The minimum Gasteiger partial charge on any atom is -0.283 e. The third-order valence-electron chi connectivity index (χ3n) is 1.33. The van der Waals surface area contributed by atoms with Crippen LogP contribution in [0.1, 0.15) is 5.69 Å². The minimum absolute atomic E-state index is 0.154. The lowest BCUT2D eigenvalue weighted by molar-refractivity contribution is 0.561. The van der Waals surface area contributed by atoms with Crippen molar-refractivity contribution in [2.24, 2.45) is 0 Å². The number of nitrogens with zero attached hydrogens (tertiary/aromatic N) is 4. The number of hydrogen-bond acceptors (Lipinski definition) is 5. The normalized spacial score (nSPS) is 10.0. The quantitative estimate of drug-likeness (QED) is 0.580. The SMILES string of the molecule is O=[C]c1cnc2cncnc2n1. The predicted octanol–water partition coefficient (Wildman–Crippen LogP) is -0.122. The summed E-state index contributed by atoms with van der Waals surface area (Å²) in [7, 11) is 0. The molecule has 0 atom stereocenters. The monoisotopic (exact) mass is 159 g/mol. The van der Waals surface area contributed by atoms with Crippen LogP contribution in [0.3, 0.4) is 0 Å². The molecular weight excluding hydrogens is 156 g/mol. The molecular formula is C7H3N4O. The Labute approximate surface area is 67.5 Å². The van der Waals surface area contributed by atoms with E-state index < -0.39 is 0 Å². The van der Waals surface area contributed by atoms with Gasteiger partial charge in [-0.2, -0.15) is 0 Å². The summed E-state index contributed by atoms with van der Waals surface area (Å²) in [4.78, 5) is 25.5. The van der Waals surface area contributed by atoms with Gasteiger partial charge in [0.05, 0.1) is 12.4 Å². The van der Waals surface area contributed by atoms with Gasteiger partial charge in [0, 0.05) is 0 Å². The highest BCUT2D eigenvalue weighted by atomic mass is 16.1. The second-order valence-corrected chi connectivity index (χ2v) is 2.09. The second-order valence-electron chi connectivity index (χ2n) is 2.09. The van der Waals surface area contributed by atoms with Gasteiger partial charge in [0.1, 0.15) is 17.5 Å². The Kier molecular flexibility index (Phi) is 1.48. The van der Waals surface area contributed by atoms with Gasteiger partial charge in [-0.05, 0) is 0 Å². The maximum atomic E-state index is 10.2. The summed E-state index contributed by atoms with van der Waals surface area (Å²) in [6.07, 6.45) is 5.85. The van der Waals surface area contributed by atoms with E-state index in [9.17, 15) is 4.79 Å². The van der Waals surface area contributed by atoms with Crippen LogP contribution in [0, 0.1) is 0 Å². The van der Waals surface area contributed by atoms with Crippen LogP contribution in [0.4, 0.5) is 0 Å². The Morgan fingerprint density at radius 2 is 2.17 bits per heavy atom. The zero-order valence-corrected chi connectivity index (χ0v) is 5.93. The molecule has 0 bridgehead atoms. The summed E-state index contributed by atoms with van der Waals surface area (Å²) in [5.41, 5.74) is 1.13. The number of fused-ring (bicyclic) bond motifs is 1. The van der Waals surface area contributed by atoms with Gasteiger partial charge < -0.3 is 0 Å². The van der Waals surface area contributed by atoms with Crippen molar-refractivity contribution in [3.8, 4) is 0 Å². The van der Waals surface area contributed by atoms with Crippen LogP contribution in [0.15, 0.2) is 18.7 Å². The van der Waals surface area contributed by atoms with Gasteiger partial charge in [-0.15, -0.1) is 0 Å². The van der Waals surface area contributed by atoms with Gasteiger partial charge in [0.15, 0.2) is 5.65 Å². The second kappa shape index (κ2) is 2.61. The van der Waals surface area contributed by atoms with Crippen LogP contribution >= 0.6 is 0 Å². The maximum absolute atomic E-state index is 10.2. The van der Waals surface area contributed by atoms with Crippen LogP contribution in [0.2, 0.25) is 0 Å². The Balaban J connectivity index is 2.75. The Morgan fingerprint density at radius 1 is 1.25 bits per heavy atom. The Hall–Kier alpha value is -1.91. The van der Waals surface area contributed by atoms with Gasteiger partial charge in [-0.1, -0.05) is 0 Å². The predicted molar refractivity (Wildman–Crippen MR) is 39.9 cm³/mol. The zero-order chi connectivity index (χ0) is 8.39. The first kappa shape index (κ1) is 6.78. The van der Waals surface area contributed by atoms with Crippen LogP contribution in [-0.4, -0.2) is 26.2 Å². The van der Waals surface area contributed by atoms with Crippen molar-refractivity contribution in [1.29, 1.82) is 0 Å². The van der Waals surface area contributed by atoms with E-state index in [1.54, 1.807) is 6.29 Å². The van der Waals surface area contributed by atoms with Gasteiger partial charge in [0.25, 0.3) is 6.29 Å². The zero-order valence-electron chi connectivity index (χ0n) is 5.93. The van der Waals surface area contributed by atoms with Gasteiger partial charge >= 0.3 is 0 Å². The first-order valence-corrected chi connectivity index (χ1v) is 3.21. The molecule has 5 nitrogen and oxygen atoms in total. The fraction of sp³-hybridized carbons (Fsp3) is 0. The smallest absolute Gasteiger partial charge is 0.255 e. The summed E-state index contributed by atoms with van der Waals surface area (Å²) >= 11 is 0. The Bertz CT molecular complexity index is 428. The molecule has 5 heteroatoms. The molecule has 0 saturated carbocycles. The fourth-order valence-electron chi connectivity index (χ4n) is 0.816. The van der Waals surface area contributed by atoms with Crippen molar-refractivity contribution in [2.75, 3.05) is 0 Å². The standard InChI is InChI=1S/C7H3N4O/c12-3-5-1-9-6-2-8-4-10-7(6)11-5/h1-2,4H. The summed E-state index contributed by atoms with van der Waals surface area (Å²) in [5.74, 6) is 0. The summed E-state index contributed by atoms with van der Waals surface area (Å²) in [6.45, 7) is 0. The summed E-state index contributed by atoms with van der Waals surface area (Å²) in [6, 6.07) is 0. The first-order chi connectivity index (χ1) is 5.90. The molecule has 2 rings (SSSR count). The van der Waals surface area contributed by atoms with Gasteiger partial charge in [-0.3, -0.25) is 4.79 Å². The molecule has 0 saturated heterocycles. The molecule has 0 N–H and O–H groups in total. The summed E-state index contributed by atoms with van der Waals surface area (Å²) in [5, 5.41) is 0. The molecule has 12 heavy (non-hydrogen) atoms. The van der Waals surface area contributed by atoms with Gasteiger partial charge in [0.2, 0.25) is 0 Å². The molecule has 2 aromatic rings. The van der Waals surface area contributed by atoms with E-state index in [0.29, 0.717) is 11.2 Å². The average molecular weight is 159 g/mol. The van der Waals surface area contributed by atoms with Gasteiger partial charge in [-0.25, -0.2) is 19.9 Å². The first-order valence-electron chi connectivity index (χ1n) is 3.21. The highest BCUT2D eigenvalue weighted by Crippen LogP contribution is 2.01. The maximum Gasteiger partial charge on any atom is 0.255 e. The minimum atomic E-state index is 0.154. The molecule has 1 radical (unpaired) electrons. The van der Waals surface area contributed by atoms with E-state index in [0.717, 1.165) is 0 Å². The number of carbonyl (C=O) groups excluding carboxylic acids is 1. The highest BCUT2D eigenvalue weighted by molar-refractivity contribution is 5.76. The molecule has 2 aromatic heterocycles. The van der Waals surface area contributed by atoms with Crippen LogP contribution in [0.25, 0.3) is 11.2 Å². The molecule has 0 spiro atoms. The molecule has 57 valence electrons. The van der Waals surface area contributed by atoms with E-state index in [4.69, 9.17) is 0 Å².